The van der Waals surface area contributed by atoms with Crippen molar-refractivity contribution in [2.75, 3.05) is 0 Å². The molecule has 0 aliphatic carbocycles. The number of para-hydroxylation sites is 1. The minimum atomic E-state index is -0.126. The molecule has 0 aliphatic heterocycles. The monoisotopic (exact) mass is 319 g/mol. The Balaban J connectivity index is 1.78. The van der Waals surface area contributed by atoms with E-state index in [4.69, 9.17) is 4.74 Å². The van der Waals surface area contributed by atoms with E-state index in [9.17, 15) is 4.79 Å². The topological polar surface area (TPSA) is 38.3 Å². The third-order valence-corrected chi connectivity index (χ3v) is 3.81. The lowest BCUT2D eigenvalue weighted by Crippen LogP contribution is -2.24. The maximum Gasteiger partial charge on any atom is 0.255 e. The largest absolute Gasteiger partial charge is 0.490 e. The molecular weight excluding hydrogens is 298 g/mol. The fourth-order valence-corrected chi connectivity index (χ4v) is 2.73. The molecule has 3 nitrogen and oxygen atoms in total. The van der Waals surface area contributed by atoms with Crippen LogP contribution in [0.1, 0.15) is 29.8 Å². The van der Waals surface area contributed by atoms with Gasteiger partial charge in [0.25, 0.3) is 5.91 Å². The van der Waals surface area contributed by atoms with Gasteiger partial charge in [0.15, 0.2) is 0 Å². The molecule has 3 rings (SSSR count). The van der Waals surface area contributed by atoms with Crippen LogP contribution < -0.4 is 10.1 Å². The highest BCUT2D eigenvalue weighted by Gasteiger charge is 2.13. The number of fused-ring (bicyclic) bond motifs is 1. The molecule has 1 amide bonds. The summed E-state index contributed by atoms with van der Waals surface area (Å²) in [6, 6.07) is 21.6. The first-order valence-corrected chi connectivity index (χ1v) is 8.15. The zero-order chi connectivity index (χ0) is 16.9. The van der Waals surface area contributed by atoms with Crippen LogP contribution in [0.15, 0.2) is 66.7 Å². The number of rotatable bonds is 5. The van der Waals surface area contributed by atoms with E-state index in [1.165, 1.54) is 5.39 Å². The molecule has 0 aromatic heterocycles. The molecule has 0 saturated heterocycles. The number of hydrogen-bond acceptors (Lipinski definition) is 2. The molecule has 122 valence electrons. The Kier molecular flexibility index (Phi) is 4.80. The van der Waals surface area contributed by atoms with Gasteiger partial charge in [-0.25, -0.2) is 0 Å². The van der Waals surface area contributed by atoms with Gasteiger partial charge < -0.3 is 10.1 Å². The van der Waals surface area contributed by atoms with E-state index >= 15 is 0 Å². The van der Waals surface area contributed by atoms with E-state index in [1.807, 2.05) is 56.3 Å². The van der Waals surface area contributed by atoms with E-state index in [0.29, 0.717) is 17.9 Å². The summed E-state index contributed by atoms with van der Waals surface area (Å²) in [5, 5.41) is 5.34. The second kappa shape index (κ2) is 7.18. The van der Waals surface area contributed by atoms with Gasteiger partial charge in [-0.3, -0.25) is 4.79 Å². The summed E-state index contributed by atoms with van der Waals surface area (Å²) in [5.74, 6) is 0.488. The van der Waals surface area contributed by atoms with Crippen molar-refractivity contribution < 1.29 is 9.53 Å². The lowest BCUT2D eigenvalue weighted by molar-refractivity contribution is 0.0945. The van der Waals surface area contributed by atoms with Crippen LogP contribution in [0.4, 0.5) is 0 Å². The third-order valence-electron chi connectivity index (χ3n) is 3.81. The van der Waals surface area contributed by atoms with Gasteiger partial charge in [0, 0.05) is 6.54 Å². The molecule has 3 heteroatoms. The van der Waals surface area contributed by atoms with E-state index in [0.717, 1.165) is 10.9 Å². The summed E-state index contributed by atoms with van der Waals surface area (Å²) in [6.07, 6.45) is 0.0250. The first kappa shape index (κ1) is 16.1. The highest BCUT2D eigenvalue weighted by molar-refractivity contribution is 5.97. The Bertz CT molecular complexity index is 850. The van der Waals surface area contributed by atoms with Crippen LogP contribution in [0, 0.1) is 0 Å². The fourth-order valence-electron chi connectivity index (χ4n) is 2.73. The number of benzene rings is 3. The summed E-state index contributed by atoms with van der Waals surface area (Å²) in [7, 11) is 0. The second-order valence-corrected chi connectivity index (χ2v) is 5.98. The van der Waals surface area contributed by atoms with Gasteiger partial charge in [-0.15, -0.1) is 0 Å². The van der Waals surface area contributed by atoms with Crippen molar-refractivity contribution in [2.45, 2.75) is 26.5 Å². The molecule has 0 spiro atoms. The van der Waals surface area contributed by atoms with Crippen LogP contribution in [0.25, 0.3) is 10.8 Å². The van der Waals surface area contributed by atoms with Crippen LogP contribution in [0.5, 0.6) is 5.75 Å². The molecule has 0 saturated carbocycles. The minimum Gasteiger partial charge on any atom is -0.490 e. The number of carbonyl (C=O) groups is 1. The normalized spacial score (nSPS) is 10.8. The van der Waals surface area contributed by atoms with E-state index in [-0.39, 0.29) is 12.0 Å². The van der Waals surface area contributed by atoms with E-state index < -0.39 is 0 Å². The van der Waals surface area contributed by atoms with Gasteiger partial charge in [0.2, 0.25) is 0 Å². The van der Waals surface area contributed by atoms with Crippen molar-refractivity contribution in [3.63, 3.8) is 0 Å². The molecule has 0 heterocycles. The van der Waals surface area contributed by atoms with Crippen LogP contribution in [-0.4, -0.2) is 12.0 Å². The summed E-state index contributed by atoms with van der Waals surface area (Å²) in [4.78, 5) is 12.6. The third kappa shape index (κ3) is 3.57. The van der Waals surface area contributed by atoms with Gasteiger partial charge in [-0.1, -0.05) is 54.6 Å². The van der Waals surface area contributed by atoms with Gasteiger partial charge in [-0.05, 0) is 42.3 Å². The quantitative estimate of drug-likeness (QED) is 0.749. The highest BCUT2D eigenvalue weighted by Crippen LogP contribution is 2.21. The average molecular weight is 319 g/mol. The molecule has 0 bridgehead atoms. The summed E-state index contributed by atoms with van der Waals surface area (Å²) < 4.78 is 5.73. The fraction of sp³-hybridized carbons (Fsp3) is 0.190. The lowest BCUT2D eigenvalue weighted by Gasteiger charge is -2.14. The molecule has 0 atom stereocenters. The van der Waals surface area contributed by atoms with Crippen molar-refractivity contribution >= 4 is 16.7 Å². The summed E-state index contributed by atoms with van der Waals surface area (Å²) >= 11 is 0. The maximum absolute atomic E-state index is 12.6. The SMILES string of the molecule is CC(C)Oc1ccccc1C(=O)NCc1cccc2ccccc12. The molecular formula is C21H21NO2. The molecule has 0 aliphatic rings. The summed E-state index contributed by atoms with van der Waals surface area (Å²) in [5.41, 5.74) is 1.66. The van der Waals surface area contributed by atoms with Gasteiger partial charge >= 0.3 is 0 Å². The molecule has 0 fully saturated rings. The van der Waals surface area contributed by atoms with Gasteiger partial charge in [0.1, 0.15) is 5.75 Å². The Morgan fingerprint density at radius 1 is 0.958 bits per heavy atom. The van der Waals surface area contributed by atoms with Crippen LogP contribution in [0.2, 0.25) is 0 Å². The predicted octanol–water partition coefficient (Wildman–Crippen LogP) is 4.56. The standard InChI is InChI=1S/C21H21NO2/c1-15(2)24-20-13-6-5-12-19(20)21(23)22-14-17-10-7-9-16-8-3-4-11-18(16)17/h3-13,15H,14H2,1-2H3,(H,22,23). The Labute approximate surface area is 142 Å². The first-order valence-electron chi connectivity index (χ1n) is 8.15. The number of carbonyl (C=O) groups excluding carboxylic acids is 1. The average Bonchev–Trinajstić information content (AvgIpc) is 2.59. The van der Waals surface area contributed by atoms with E-state index in [1.54, 1.807) is 6.07 Å². The molecule has 0 unspecified atom stereocenters. The van der Waals surface area contributed by atoms with Gasteiger partial charge in [0.05, 0.1) is 11.7 Å². The van der Waals surface area contributed by atoms with E-state index in [2.05, 4.69) is 23.5 Å². The molecule has 3 aromatic carbocycles. The van der Waals surface area contributed by atoms with Crippen LogP contribution >= 0.6 is 0 Å². The number of hydrogen-bond donors (Lipinski definition) is 1. The van der Waals surface area contributed by atoms with Crippen molar-refractivity contribution in [1.82, 2.24) is 5.32 Å². The molecule has 24 heavy (non-hydrogen) atoms. The number of amides is 1. The molecule has 3 aromatic rings. The molecule has 0 radical (unpaired) electrons. The number of nitrogens with one attached hydrogen (secondary N) is 1. The predicted molar refractivity (Wildman–Crippen MR) is 97.3 cm³/mol. The van der Waals surface area contributed by atoms with Crippen molar-refractivity contribution in [3.8, 4) is 5.75 Å². The van der Waals surface area contributed by atoms with Crippen molar-refractivity contribution in [1.29, 1.82) is 0 Å². The summed E-state index contributed by atoms with van der Waals surface area (Å²) in [6.45, 7) is 4.38. The molecule has 1 N–H and O–H groups in total. The minimum absolute atomic E-state index is 0.0250. The zero-order valence-corrected chi connectivity index (χ0v) is 14.0. The Hall–Kier alpha value is -2.81. The Morgan fingerprint density at radius 2 is 1.67 bits per heavy atom. The number of ether oxygens (including phenoxy) is 1. The zero-order valence-electron chi connectivity index (χ0n) is 14.0. The second-order valence-electron chi connectivity index (χ2n) is 5.98. The van der Waals surface area contributed by atoms with Gasteiger partial charge in [-0.2, -0.15) is 0 Å². The first-order chi connectivity index (χ1) is 11.6. The smallest absolute Gasteiger partial charge is 0.255 e. The van der Waals surface area contributed by atoms with Crippen LogP contribution in [-0.2, 0) is 6.54 Å². The Morgan fingerprint density at radius 3 is 2.50 bits per heavy atom. The van der Waals surface area contributed by atoms with Crippen LogP contribution in [0.3, 0.4) is 0 Å². The van der Waals surface area contributed by atoms with Crippen molar-refractivity contribution in [2.24, 2.45) is 0 Å². The highest BCUT2D eigenvalue weighted by atomic mass is 16.5. The van der Waals surface area contributed by atoms with Crippen molar-refractivity contribution in [3.05, 3.63) is 77.9 Å². The maximum atomic E-state index is 12.6. The lowest BCUT2D eigenvalue weighted by atomic mass is 10.0.